The molecule has 1 fully saturated rings. The fraction of sp³-hybridized carbons (Fsp3) is 0.562. The van der Waals surface area contributed by atoms with Crippen molar-refractivity contribution in [1.82, 2.24) is 15.2 Å². The molecule has 1 saturated heterocycles. The predicted octanol–water partition coefficient (Wildman–Crippen LogP) is 2.57. The van der Waals surface area contributed by atoms with E-state index in [1.54, 1.807) is 24.2 Å². The second-order valence-corrected chi connectivity index (χ2v) is 7.48. The first-order chi connectivity index (χ1) is 10.8. The lowest BCUT2D eigenvalue weighted by Gasteiger charge is -2.28. The Hall–Kier alpha value is -1.76. The van der Waals surface area contributed by atoms with Gasteiger partial charge in [0.1, 0.15) is 11.6 Å². The van der Waals surface area contributed by atoms with Crippen molar-refractivity contribution in [2.45, 2.75) is 45.4 Å². The van der Waals surface area contributed by atoms with Gasteiger partial charge in [0.2, 0.25) is 5.91 Å². The van der Waals surface area contributed by atoms with Gasteiger partial charge in [0, 0.05) is 18.1 Å². The lowest BCUT2D eigenvalue weighted by Crippen LogP contribution is -2.49. The highest BCUT2D eigenvalue weighted by atomic mass is 32.2. The van der Waals surface area contributed by atoms with E-state index in [1.165, 1.54) is 4.90 Å². The maximum absolute atomic E-state index is 12.5. The number of hydrogen-bond donors (Lipinski definition) is 1. The van der Waals surface area contributed by atoms with Crippen LogP contribution in [-0.2, 0) is 9.53 Å². The van der Waals surface area contributed by atoms with Crippen LogP contribution in [0.4, 0.5) is 4.79 Å². The molecule has 0 spiro atoms. The molecule has 2 rings (SSSR count). The lowest BCUT2D eigenvalue weighted by atomic mass is 10.1. The van der Waals surface area contributed by atoms with Gasteiger partial charge in [-0.25, -0.2) is 4.79 Å². The Kier molecular flexibility index (Phi) is 5.51. The van der Waals surface area contributed by atoms with Gasteiger partial charge < -0.3 is 10.1 Å². The Morgan fingerprint density at radius 2 is 2.04 bits per heavy atom. The normalized spacial score (nSPS) is 19.3. The van der Waals surface area contributed by atoms with Crippen molar-refractivity contribution in [2.24, 2.45) is 0 Å². The van der Waals surface area contributed by atoms with Crippen LogP contribution in [0.5, 0.6) is 0 Å². The van der Waals surface area contributed by atoms with E-state index in [-0.39, 0.29) is 11.9 Å². The van der Waals surface area contributed by atoms with Gasteiger partial charge in [0.15, 0.2) is 0 Å². The number of carbonyl (C=O) groups is 2. The van der Waals surface area contributed by atoms with Gasteiger partial charge in [-0.05, 0) is 45.4 Å². The zero-order chi connectivity index (χ0) is 17.0. The minimum absolute atomic E-state index is 0.142. The molecule has 1 aromatic rings. The number of ether oxygens (including phenoxy) is 1. The molecule has 23 heavy (non-hydrogen) atoms. The first-order valence-electron chi connectivity index (χ1n) is 7.55. The zero-order valence-corrected chi connectivity index (χ0v) is 14.7. The molecule has 1 aliphatic rings. The molecule has 1 aliphatic heterocycles. The van der Waals surface area contributed by atoms with Crippen LogP contribution >= 0.6 is 11.8 Å². The second-order valence-electron chi connectivity index (χ2n) is 6.48. The van der Waals surface area contributed by atoms with E-state index in [1.807, 2.05) is 39.8 Å². The van der Waals surface area contributed by atoms with Gasteiger partial charge in [-0.2, -0.15) is 0 Å². The summed E-state index contributed by atoms with van der Waals surface area (Å²) in [7, 11) is 0. The summed E-state index contributed by atoms with van der Waals surface area (Å²) in [5.41, 5.74) is 0.401. The van der Waals surface area contributed by atoms with Crippen LogP contribution in [0.3, 0.4) is 0 Å². The number of thioether (sulfide) groups is 1. The summed E-state index contributed by atoms with van der Waals surface area (Å²) in [6, 6.07) is 3.08. The molecule has 6 nitrogen and oxygen atoms in total. The van der Waals surface area contributed by atoms with E-state index in [4.69, 9.17) is 4.74 Å². The number of amides is 2. The smallest absolute Gasteiger partial charge is 0.411 e. The number of rotatable bonds is 3. The molecule has 2 heterocycles. The number of hydrogen-bond acceptors (Lipinski definition) is 5. The third-order valence-electron chi connectivity index (χ3n) is 3.38. The van der Waals surface area contributed by atoms with E-state index in [0.29, 0.717) is 11.6 Å². The molecule has 0 unspecified atom stereocenters. The topological polar surface area (TPSA) is 71.5 Å². The Morgan fingerprint density at radius 3 is 2.65 bits per heavy atom. The summed E-state index contributed by atoms with van der Waals surface area (Å²) >= 11 is 1.55. The number of nitrogens with zero attached hydrogens (tertiary/aromatic N) is 2. The molecule has 1 N–H and O–H groups in total. The Labute approximate surface area is 141 Å². The van der Waals surface area contributed by atoms with Crippen molar-refractivity contribution >= 4 is 23.8 Å². The number of aromatic nitrogens is 1. The highest BCUT2D eigenvalue weighted by Crippen LogP contribution is 2.24. The van der Waals surface area contributed by atoms with E-state index in [9.17, 15) is 9.59 Å². The van der Waals surface area contributed by atoms with Crippen LogP contribution in [0.15, 0.2) is 24.5 Å². The molecule has 0 aliphatic carbocycles. The first-order valence-corrected chi connectivity index (χ1v) is 8.71. The van der Waals surface area contributed by atoms with E-state index in [2.05, 4.69) is 10.3 Å². The lowest BCUT2D eigenvalue weighted by molar-refractivity contribution is -0.125. The highest BCUT2D eigenvalue weighted by Gasteiger charge is 2.37. The summed E-state index contributed by atoms with van der Waals surface area (Å²) < 4.78 is 5.38. The molecule has 0 saturated carbocycles. The number of nitrogens with one attached hydrogen (secondary N) is 1. The highest BCUT2D eigenvalue weighted by molar-refractivity contribution is 7.99. The van der Waals surface area contributed by atoms with Crippen LogP contribution in [0.1, 0.15) is 39.3 Å². The number of carbonyl (C=O) groups excluding carboxylic acids is 2. The summed E-state index contributed by atoms with van der Waals surface area (Å²) in [5, 5.41) is 2.96. The van der Waals surface area contributed by atoms with Gasteiger partial charge in [0.25, 0.3) is 0 Å². The molecule has 7 heteroatoms. The molecule has 1 aromatic heterocycles. The summed E-state index contributed by atoms with van der Waals surface area (Å²) in [6.45, 7) is 7.35. The van der Waals surface area contributed by atoms with Crippen molar-refractivity contribution in [3.05, 3.63) is 30.1 Å². The third kappa shape index (κ3) is 4.86. The quantitative estimate of drug-likeness (QED) is 0.918. The van der Waals surface area contributed by atoms with E-state index >= 15 is 0 Å². The van der Waals surface area contributed by atoms with Crippen LogP contribution in [0.2, 0.25) is 0 Å². The van der Waals surface area contributed by atoms with Gasteiger partial charge >= 0.3 is 6.09 Å². The second kappa shape index (κ2) is 7.21. The standard InChI is InChI=1S/C16H23N3O3S/c1-11(12-5-7-17-8-6-12)18-14(20)13-9-23-10-19(13)15(21)22-16(2,3)4/h5-8,11,13H,9-10H2,1-4H3,(H,18,20)/t11-,13-/m1/s1. The van der Waals surface area contributed by atoms with E-state index < -0.39 is 17.7 Å². The average molecular weight is 337 g/mol. The molecule has 126 valence electrons. The molecular formula is C16H23N3O3S. The maximum atomic E-state index is 12.5. The fourth-order valence-corrected chi connectivity index (χ4v) is 3.35. The zero-order valence-electron chi connectivity index (χ0n) is 13.9. The minimum atomic E-state index is -0.574. The SMILES string of the molecule is C[C@@H](NC(=O)[C@H]1CSCN1C(=O)OC(C)(C)C)c1ccncc1. The first kappa shape index (κ1) is 17.6. The van der Waals surface area contributed by atoms with Gasteiger partial charge in [0.05, 0.1) is 11.9 Å². The molecule has 0 bridgehead atoms. The maximum Gasteiger partial charge on any atom is 0.411 e. The van der Waals surface area contributed by atoms with Gasteiger partial charge in [-0.15, -0.1) is 11.8 Å². The minimum Gasteiger partial charge on any atom is -0.444 e. The molecule has 0 radical (unpaired) electrons. The fourth-order valence-electron chi connectivity index (χ4n) is 2.21. The van der Waals surface area contributed by atoms with E-state index in [0.717, 1.165) is 5.56 Å². The Morgan fingerprint density at radius 1 is 1.39 bits per heavy atom. The monoisotopic (exact) mass is 337 g/mol. The largest absolute Gasteiger partial charge is 0.444 e. The van der Waals surface area contributed by atoms with Crippen molar-refractivity contribution in [2.75, 3.05) is 11.6 Å². The van der Waals surface area contributed by atoms with Crippen LogP contribution in [0, 0.1) is 0 Å². The van der Waals surface area contributed by atoms with Crippen LogP contribution < -0.4 is 5.32 Å². The van der Waals surface area contributed by atoms with Crippen molar-refractivity contribution in [3.8, 4) is 0 Å². The molecule has 2 atom stereocenters. The molecule has 2 amide bonds. The predicted molar refractivity (Wildman–Crippen MR) is 90.0 cm³/mol. The summed E-state index contributed by atoms with van der Waals surface area (Å²) in [6.07, 6.45) is 2.94. The summed E-state index contributed by atoms with van der Waals surface area (Å²) in [4.78, 5) is 30.2. The molecular weight excluding hydrogens is 314 g/mol. The van der Waals surface area contributed by atoms with Crippen molar-refractivity contribution in [3.63, 3.8) is 0 Å². The Bertz CT molecular complexity index is 559. The van der Waals surface area contributed by atoms with Crippen LogP contribution in [0.25, 0.3) is 0 Å². The van der Waals surface area contributed by atoms with Crippen molar-refractivity contribution in [1.29, 1.82) is 0 Å². The molecule has 0 aromatic carbocycles. The average Bonchev–Trinajstić information content (AvgIpc) is 2.96. The summed E-state index contributed by atoms with van der Waals surface area (Å²) in [5.74, 6) is 0.885. The Balaban J connectivity index is 1.99. The van der Waals surface area contributed by atoms with Crippen LogP contribution in [-0.4, -0.2) is 45.2 Å². The number of pyridine rings is 1. The van der Waals surface area contributed by atoms with Crippen molar-refractivity contribution < 1.29 is 14.3 Å². The van der Waals surface area contributed by atoms with Gasteiger partial charge in [-0.1, -0.05) is 0 Å². The van der Waals surface area contributed by atoms with Gasteiger partial charge in [-0.3, -0.25) is 14.7 Å². The third-order valence-corrected chi connectivity index (χ3v) is 4.39.